The van der Waals surface area contributed by atoms with Gasteiger partial charge in [-0.2, -0.15) is 0 Å². The van der Waals surface area contributed by atoms with Gasteiger partial charge in [0, 0.05) is 23.1 Å². The first-order valence-corrected chi connectivity index (χ1v) is 13.9. The van der Waals surface area contributed by atoms with Crippen molar-refractivity contribution in [3.05, 3.63) is 75.5 Å². The van der Waals surface area contributed by atoms with Crippen LogP contribution in [-0.4, -0.2) is 33.0 Å². The number of hydrogen-bond acceptors (Lipinski definition) is 5. The summed E-state index contributed by atoms with van der Waals surface area (Å²) in [5.74, 6) is 2.39. The number of anilines is 1. The van der Waals surface area contributed by atoms with Crippen molar-refractivity contribution >= 4 is 39.3 Å². The quantitative estimate of drug-likeness (QED) is 0.144. The maximum absolute atomic E-state index is 12.5. The molecule has 0 aliphatic rings. The van der Waals surface area contributed by atoms with Gasteiger partial charge in [0.15, 0.2) is 5.16 Å². The van der Waals surface area contributed by atoms with Gasteiger partial charge >= 0.3 is 0 Å². The Hall–Kier alpha value is -2.58. The molecule has 0 aliphatic heterocycles. The van der Waals surface area contributed by atoms with Gasteiger partial charge in [-0.3, -0.25) is 4.79 Å². The number of allylic oxidation sites excluding steroid dienone is 1. The smallest absolute Gasteiger partial charge is 0.234 e. The monoisotopic (exact) mass is 570 g/mol. The molecule has 2 aromatic carbocycles. The lowest BCUT2D eigenvalue weighted by molar-refractivity contribution is -0.113. The molecular formula is C28H35BrN4O2S. The number of benzene rings is 2. The Morgan fingerprint density at radius 1 is 1.19 bits per heavy atom. The third-order valence-corrected chi connectivity index (χ3v) is 7.47. The maximum Gasteiger partial charge on any atom is 0.234 e. The zero-order chi connectivity index (χ0) is 26.2. The van der Waals surface area contributed by atoms with E-state index in [-0.39, 0.29) is 11.7 Å². The van der Waals surface area contributed by atoms with Crippen LogP contribution in [0.2, 0.25) is 0 Å². The fourth-order valence-corrected chi connectivity index (χ4v) is 5.55. The number of aryl methyl sites for hydroxylation is 4. The predicted molar refractivity (Wildman–Crippen MR) is 152 cm³/mol. The summed E-state index contributed by atoms with van der Waals surface area (Å²) < 4.78 is 9.24. The number of nitrogens with zero attached hydrogens (tertiary/aromatic N) is 3. The van der Waals surface area contributed by atoms with Crippen LogP contribution in [0.25, 0.3) is 0 Å². The third kappa shape index (κ3) is 7.46. The lowest BCUT2D eigenvalue weighted by atomic mass is 10.0. The maximum atomic E-state index is 12.5. The fourth-order valence-electron chi connectivity index (χ4n) is 3.87. The normalized spacial score (nSPS) is 11.1. The standard InChI is InChI=1S/C28H35BrN4O2S/c1-7-12-33-26(9-8-13-35-25-16-22(18(2)3)23(29)15-21(25)6)31-32-28(33)36-17-27(34)30-24-11-10-19(4)14-20(24)5/h7,10-11,14-16,18H,1,8-9,12-13,17H2,2-6H3,(H,30,34). The summed E-state index contributed by atoms with van der Waals surface area (Å²) in [6.07, 6.45) is 3.35. The Kier molecular flexibility index (Phi) is 10.2. The molecule has 0 spiro atoms. The second-order valence-electron chi connectivity index (χ2n) is 9.20. The van der Waals surface area contributed by atoms with Gasteiger partial charge in [0.05, 0.1) is 12.4 Å². The second kappa shape index (κ2) is 13.1. The van der Waals surface area contributed by atoms with Crippen LogP contribution in [-0.2, 0) is 17.8 Å². The zero-order valence-electron chi connectivity index (χ0n) is 21.7. The molecule has 1 N–H and O–H groups in total. The number of aromatic nitrogens is 3. The summed E-state index contributed by atoms with van der Waals surface area (Å²) in [5.41, 5.74) is 5.40. The molecule has 1 aromatic heterocycles. The number of nitrogens with one attached hydrogen (secondary N) is 1. The van der Waals surface area contributed by atoms with Gasteiger partial charge in [0.25, 0.3) is 0 Å². The number of thioether (sulfide) groups is 1. The van der Waals surface area contributed by atoms with E-state index in [1.807, 2.05) is 36.6 Å². The Morgan fingerprint density at radius 2 is 1.97 bits per heavy atom. The summed E-state index contributed by atoms with van der Waals surface area (Å²) in [6, 6.07) is 10.2. The van der Waals surface area contributed by atoms with E-state index < -0.39 is 0 Å². The number of halogens is 1. The molecule has 3 aromatic rings. The Morgan fingerprint density at radius 3 is 2.67 bits per heavy atom. The van der Waals surface area contributed by atoms with Crippen LogP contribution in [0.15, 0.2) is 52.6 Å². The molecule has 0 atom stereocenters. The fraction of sp³-hybridized carbons (Fsp3) is 0.393. The van der Waals surface area contributed by atoms with E-state index in [1.54, 1.807) is 0 Å². The molecule has 0 radical (unpaired) electrons. The minimum absolute atomic E-state index is 0.0688. The summed E-state index contributed by atoms with van der Waals surface area (Å²) >= 11 is 5.04. The highest BCUT2D eigenvalue weighted by Crippen LogP contribution is 2.32. The van der Waals surface area contributed by atoms with Crippen molar-refractivity contribution in [3.8, 4) is 5.75 Å². The molecule has 1 heterocycles. The molecular weight excluding hydrogens is 536 g/mol. The summed E-state index contributed by atoms with van der Waals surface area (Å²) in [5, 5.41) is 12.4. The minimum Gasteiger partial charge on any atom is -0.493 e. The van der Waals surface area contributed by atoms with Crippen molar-refractivity contribution in [1.29, 1.82) is 0 Å². The number of carbonyl (C=O) groups excluding carboxylic acids is 1. The molecule has 0 unspecified atom stereocenters. The highest BCUT2D eigenvalue weighted by molar-refractivity contribution is 9.10. The molecule has 6 nitrogen and oxygen atoms in total. The van der Waals surface area contributed by atoms with E-state index in [1.165, 1.54) is 22.9 Å². The minimum atomic E-state index is -0.0688. The average Bonchev–Trinajstić information content (AvgIpc) is 3.19. The van der Waals surface area contributed by atoms with Crippen molar-refractivity contribution in [1.82, 2.24) is 14.8 Å². The Balaban J connectivity index is 1.56. The molecule has 0 bridgehead atoms. The number of hydrogen-bond donors (Lipinski definition) is 1. The van der Waals surface area contributed by atoms with Crippen molar-refractivity contribution in [2.45, 2.75) is 65.1 Å². The molecule has 1 amide bonds. The van der Waals surface area contributed by atoms with E-state index >= 15 is 0 Å². The highest BCUT2D eigenvalue weighted by atomic mass is 79.9. The molecule has 0 fully saturated rings. The van der Waals surface area contributed by atoms with Gasteiger partial charge in [-0.1, -0.05) is 65.3 Å². The molecule has 192 valence electrons. The highest BCUT2D eigenvalue weighted by Gasteiger charge is 2.15. The predicted octanol–water partition coefficient (Wildman–Crippen LogP) is 7.02. The first kappa shape index (κ1) is 28.0. The van der Waals surface area contributed by atoms with E-state index in [4.69, 9.17) is 4.74 Å². The van der Waals surface area contributed by atoms with Crippen molar-refractivity contribution < 1.29 is 9.53 Å². The molecule has 36 heavy (non-hydrogen) atoms. The van der Waals surface area contributed by atoms with Gasteiger partial charge in [-0.05, 0) is 68.0 Å². The molecule has 0 aliphatic carbocycles. The van der Waals surface area contributed by atoms with E-state index in [9.17, 15) is 4.79 Å². The largest absolute Gasteiger partial charge is 0.493 e. The average molecular weight is 572 g/mol. The van der Waals surface area contributed by atoms with E-state index in [0.717, 1.165) is 45.7 Å². The molecule has 3 rings (SSSR count). The van der Waals surface area contributed by atoms with E-state index in [2.05, 4.69) is 77.0 Å². The first-order chi connectivity index (χ1) is 17.2. The van der Waals surface area contributed by atoms with Gasteiger partial charge < -0.3 is 14.6 Å². The van der Waals surface area contributed by atoms with Gasteiger partial charge in [0.2, 0.25) is 5.91 Å². The molecule has 0 saturated carbocycles. The van der Waals surface area contributed by atoms with Crippen molar-refractivity contribution in [2.24, 2.45) is 0 Å². The lowest BCUT2D eigenvalue weighted by Crippen LogP contribution is -2.15. The Bertz CT molecular complexity index is 1220. The SMILES string of the molecule is C=CCn1c(CCCOc2cc(C(C)C)c(Br)cc2C)nnc1SCC(=O)Nc1ccc(C)cc1C. The Labute approximate surface area is 227 Å². The van der Waals surface area contributed by atoms with Crippen LogP contribution >= 0.6 is 27.7 Å². The first-order valence-electron chi connectivity index (χ1n) is 12.1. The number of ether oxygens (including phenoxy) is 1. The van der Waals surface area contributed by atoms with Crippen LogP contribution < -0.4 is 10.1 Å². The van der Waals surface area contributed by atoms with E-state index in [0.29, 0.717) is 24.2 Å². The number of amides is 1. The lowest BCUT2D eigenvalue weighted by Gasteiger charge is -2.15. The van der Waals surface area contributed by atoms with Crippen LogP contribution in [0, 0.1) is 20.8 Å². The molecule has 8 heteroatoms. The van der Waals surface area contributed by atoms with Crippen LogP contribution in [0.5, 0.6) is 5.75 Å². The van der Waals surface area contributed by atoms with Gasteiger partial charge in [-0.15, -0.1) is 16.8 Å². The number of rotatable bonds is 12. The van der Waals surface area contributed by atoms with Crippen LogP contribution in [0.1, 0.15) is 54.3 Å². The second-order valence-corrected chi connectivity index (χ2v) is 11.0. The third-order valence-electron chi connectivity index (χ3n) is 5.81. The van der Waals surface area contributed by atoms with Crippen molar-refractivity contribution in [2.75, 3.05) is 17.7 Å². The summed E-state index contributed by atoms with van der Waals surface area (Å²) in [7, 11) is 0. The van der Waals surface area contributed by atoms with Crippen molar-refractivity contribution in [3.63, 3.8) is 0 Å². The van der Waals surface area contributed by atoms with Gasteiger partial charge in [0.1, 0.15) is 11.6 Å². The number of carbonyl (C=O) groups is 1. The molecule has 0 saturated heterocycles. The van der Waals surface area contributed by atoms with Crippen LogP contribution in [0.4, 0.5) is 5.69 Å². The summed E-state index contributed by atoms with van der Waals surface area (Å²) in [6.45, 7) is 15.5. The summed E-state index contributed by atoms with van der Waals surface area (Å²) in [4.78, 5) is 12.5. The zero-order valence-corrected chi connectivity index (χ0v) is 24.1. The van der Waals surface area contributed by atoms with Gasteiger partial charge in [-0.25, -0.2) is 0 Å². The van der Waals surface area contributed by atoms with Crippen LogP contribution in [0.3, 0.4) is 0 Å². The topological polar surface area (TPSA) is 69.0 Å².